The van der Waals surface area contributed by atoms with E-state index in [0.29, 0.717) is 6.10 Å². The highest BCUT2D eigenvalue weighted by Gasteiger charge is 2.14. The van der Waals surface area contributed by atoms with Gasteiger partial charge in [-0.15, -0.1) is 24.0 Å². The summed E-state index contributed by atoms with van der Waals surface area (Å²) < 4.78 is 11.3. The fraction of sp³-hybridized carbons (Fsp3) is 0.667. The summed E-state index contributed by atoms with van der Waals surface area (Å²) in [6.07, 6.45) is 4.60. The van der Waals surface area contributed by atoms with E-state index >= 15 is 0 Å². The normalized spacial score (nSPS) is 16.5. The molecule has 1 saturated heterocycles. The fourth-order valence-electron chi connectivity index (χ4n) is 3.02. The van der Waals surface area contributed by atoms with Gasteiger partial charge in [0.15, 0.2) is 5.96 Å². The number of para-hydroxylation sites is 1. The molecule has 0 radical (unpaired) electrons. The Hall–Kier alpha value is -1.06. The van der Waals surface area contributed by atoms with E-state index in [4.69, 9.17) is 9.47 Å². The number of aliphatic imine (C=N–C) groups is 1. The molecule has 7 heteroatoms. The molecular formula is C21H37IN4O2. The zero-order chi connectivity index (χ0) is 19.2. The summed E-state index contributed by atoms with van der Waals surface area (Å²) in [6, 6.07) is 10.5. The highest BCUT2D eigenvalue weighted by Crippen LogP contribution is 2.12. The third-order valence-corrected chi connectivity index (χ3v) is 4.55. The van der Waals surface area contributed by atoms with Crippen LogP contribution < -0.4 is 15.5 Å². The van der Waals surface area contributed by atoms with E-state index in [1.165, 1.54) is 12.1 Å². The molecule has 1 atom stereocenters. The Kier molecular flexibility index (Phi) is 14.1. The standard InChI is InChI=1S/C21H36N4O2.HI/c1-3-22-21(24-14-9-16-26-18-20-12-7-17-27-20)23-13-8-15-25(2)19-10-5-4-6-11-19;/h4-6,10-11,20H,3,7-9,12-18H2,1-2H3,(H2,22,23,24);1H. The van der Waals surface area contributed by atoms with Crippen molar-refractivity contribution in [1.29, 1.82) is 0 Å². The molecule has 0 bridgehead atoms. The summed E-state index contributed by atoms with van der Waals surface area (Å²) >= 11 is 0. The van der Waals surface area contributed by atoms with Crippen molar-refractivity contribution in [3.05, 3.63) is 30.3 Å². The number of guanidine groups is 1. The van der Waals surface area contributed by atoms with Gasteiger partial charge in [0.05, 0.1) is 12.7 Å². The Bertz CT molecular complexity index is 524. The second-order valence-corrected chi connectivity index (χ2v) is 6.86. The number of rotatable bonds is 12. The van der Waals surface area contributed by atoms with Crippen LogP contribution in [0.5, 0.6) is 0 Å². The Balaban J connectivity index is 0.00000392. The summed E-state index contributed by atoms with van der Waals surface area (Å²) in [5.41, 5.74) is 1.24. The maximum absolute atomic E-state index is 5.70. The number of halogens is 1. The molecule has 6 nitrogen and oxygen atoms in total. The summed E-state index contributed by atoms with van der Waals surface area (Å²) in [5.74, 6) is 0.888. The molecule has 2 N–H and O–H groups in total. The van der Waals surface area contributed by atoms with Gasteiger partial charge < -0.3 is 25.0 Å². The van der Waals surface area contributed by atoms with Crippen LogP contribution in [0.3, 0.4) is 0 Å². The van der Waals surface area contributed by atoms with Crippen molar-refractivity contribution in [2.24, 2.45) is 4.99 Å². The number of nitrogens with one attached hydrogen (secondary N) is 2. The van der Waals surface area contributed by atoms with Crippen LogP contribution >= 0.6 is 24.0 Å². The smallest absolute Gasteiger partial charge is 0.191 e. The van der Waals surface area contributed by atoms with Gasteiger partial charge in [0, 0.05) is 52.1 Å². The van der Waals surface area contributed by atoms with Crippen molar-refractivity contribution in [3.63, 3.8) is 0 Å². The predicted octanol–water partition coefficient (Wildman–Crippen LogP) is 3.27. The molecule has 1 fully saturated rings. The Labute approximate surface area is 187 Å². The van der Waals surface area contributed by atoms with Crippen LogP contribution in [0.15, 0.2) is 35.3 Å². The molecule has 1 aliphatic rings. The largest absolute Gasteiger partial charge is 0.379 e. The molecule has 160 valence electrons. The minimum Gasteiger partial charge on any atom is -0.379 e. The fourth-order valence-corrected chi connectivity index (χ4v) is 3.02. The summed E-state index contributed by atoms with van der Waals surface area (Å²) in [5, 5.41) is 6.69. The maximum Gasteiger partial charge on any atom is 0.191 e. The van der Waals surface area contributed by atoms with E-state index in [2.05, 4.69) is 58.8 Å². The second-order valence-electron chi connectivity index (χ2n) is 6.86. The quantitative estimate of drug-likeness (QED) is 0.198. The average molecular weight is 504 g/mol. The first-order valence-corrected chi connectivity index (χ1v) is 10.3. The molecular weight excluding hydrogens is 467 g/mol. The van der Waals surface area contributed by atoms with Crippen LogP contribution in [0.25, 0.3) is 0 Å². The van der Waals surface area contributed by atoms with E-state index < -0.39 is 0 Å². The predicted molar refractivity (Wildman–Crippen MR) is 128 cm³/mol. The Morgan fingerprint density at radius 1 is 1.25 bits per heavy atom. The van der Waals surface area contributed by atoms with Gasteiger partial charge in [-0.3, -0.25) is 4.99 Å². The number of hydrogen-bond donors (Lipinski definition) is 2. The van der Waals surface area contributed by atoms with Gasteiger partial charge in [-0.2, -0.15) is 0 Å². The van der Waals surface area contributed by atoms with Crippen LogP contribution in [-0.4, -0.2) is 65.1 Å². The average Bonchev–Trinajstić information content (AvgIpc) is 3.21. The zero-order valence-corrected chi connectivity index (χ0v) is 19.7. The SMILES string of the molecule is CCNC(=NCCCN(C)c1ccccc1)NCCCOCC1CCCO1.I. The van der Waals surface area contributed by atoms with Gasteiger partial charge in [0.25, 0.3) is 0 Å². The molecule has 1 aromatic carbocycles. The van der Waals surface area contributed by atoms with Gasteiger partial charge in [-0.05, 0) is 44.7 Å². The lowest BCUT2D eigenvalue weighted by Gasteiger charge is -2.18. The number of hydrogen-bond acceptors (Lipinski definition) is 4. The minimum atomic E-state index is 0. The lowest BCUT2D eigenvalue weighted by molar-refractivity contribution is 0.0168. The van der Waals surface area contributed by atoms with Crippen molar-refractivity contribution >= 4 is 35.6 Å². The van der Waals surface area contributed by atoms with E-state index in [1.807, 2.05) is 6.07 Å². The third kappa shape index (κ3) is 10.5. The highest BCUT2D eigenvalue weighted by molar-refractivity contribution is 14.0. The van der Waals surface area contributed by atoms with E-state index in [0.717, 1.165) is 71.2 Å². The van der Waals surface area contributed by atoms with Crippen LogP contribution in [0, 0.1) is 0 Å². The molecule has 0 spiro atoms. The molecule has 1 heterocycles. The van der Waals surface area contributed by atoms with Gasteiger partial charge in [0.1, 0.15) is 0 Å². The topological polar surface area (TPSA) is 58.1 Å². The van der Waals surface area contributed by atoms with E-state index in [1.54, 1.807) is 0 Å². The van der Waals surface area contributed by atoms with Crippen molar-refractivity contribution < 1.29 is 9.47 Å². The lowest BCUT2D eigenvalue weighted by atomic mass is 10.2. The van der Waals surface area contributed by atoms with E-state index in [-0.39, 0.29) is 24.0 Å². The molecule has 0 saturated carbocycles. The van der Waals surface area contributed by atoms with Crippen LogP contribution in [0.1, 0.15) is 32.6 Å². The van der Waals surface area contributed by atoms with Gasteiger partial charge in [0.2, 0.25) is 0 Å². The first-order valence-electron chi connectivity index (χ1n) is 10.3. The van der Waals surface area contributed by atoms with Crippen molar-refractivity contribution in [2.45, 2.75) is 38.7 Å². The first kappa shape index (κ1) is 25.0. The molecule has 1 aliphatic heterocycles. The van der Waals surface area contributed by atoms with Crippen molar-refractivity contribution in [2.75, 3.05) is 57.9 Å². The van der Waals surface area contributed by atoms with E-state index in [9.17, 15) is 0 Å². The van der Waals surface area contributed by atoms with Gasteiger partial charge in [-0.25, -0.2) is 0 Å². The molecule has 2 rings (SSSR count). The molecule has 0 aliphatic carbocycles. The molecule has 0 amide bonds. The monoisotopic (exact) mass is 504 g/mol. The maximum atomic E-state index is 5.70. The van der Waals surface area contributed by atoms with Gasteiger partial charge in [-0.1, -0.05) is 18.2 Å². The third-order valence-electron chi connectivity index (χ3n) is 4.55. The minimum absolute atomic E-state index is 0. The first-order chi connectivity index (χ1) is 13.3. The number of benzene rings is 1. The molecule has 28 heavy (non-hydrogen) atoms. The van der Waals surface area contributed by atoms with Crippen molar-refractivity contribution in [1.82, 2.24) is 10.6 Å². The number of nitrogens with zero attached hydrogens (tertiary/aromatic N) is 2. The Morgan fingerprint density at radius 3 is 2.79 bits per heavy atom. The van der Waals surface area contributed by atoms with Crippen LogP contribution in [0.2, 0.25) is 0 Å². The lowest BCUT2D eigenvalue weighted by Crippen LogP contribution is -2.38. The van der Waals surface area contributed by atoms with Gasteiger partial charge >= 0.3 is 0 Å². The number of ether oxygens (including phenoxy) is 2. The van der Waals surface area contributed by atoms with Crippen LogP contribution in [-0.2, 0) is 9.47 Å². The molecule has 0 aromatic heterocycles. The highest BCUT2D eigenvalue weighted by atomic mass is 127. The summed E-state index contributed by atoms with van der Waals surface area (Å²) in [7, 11) is 2.12. The zero-order valence-electron chi connectivity index (χ0n) is 17.4. The van der Waals surface area contributed by atoms with Crippen LogP contribution in [0.4, 0.5) is 5.69 Å². The molecule has 1 aromatic rings. The van der Waals surface area contributed by atoms with Crippen molar-refractivity contribution in [3.8, 4) is 0 Å². The second kappa shape index (κ2) is 15.8. The number of anilines is 1. The molecule has 1 unspecified atom stereocenters. The summed E-state index contributed by atoms with van der Waals surface area (Å²) in [6.45, 7) is 7.99. The Morgan fingerprint density at radius 2 is 2.07 bits per heavy atom. The summed E-state index contributed by atoms with van der Waals surface area (Å²) in [4.78, 5) is 6.93.